The summed E-state index contributed by atoms with van der Waals surface area (Å²) in [5, 5.41) is 3.91. The lowest BCUT2D eigenvalue weighted by molar-refractivity contribution is 0.0946. The van der Waals surface area contributed by atoms with Crippen molar-refractivity contribution in [3.05, 3.63) is 59.8 Å². The highest BCUT2D eigenvalue weighted by atomic mass is 16.1. The maximum absolute atomic E-state index is 12.4. The topological polar surface area (TPSA) is 96.9 Å². The van der Waals surface area contributed by atoms with Crippen LogP contribution >= 0.6 is 0 Å². The van der Waals surface area contributed by atoms with Crippen LogP contribution in [0.3, 0.4) is 0 Å². The minimum atomic E-state index is -0.140. The first-order valence-corrected chi connectivity index (χ1v) is 9.41. The van der Waals surface area contributed by atoms with Gasteiger partial charge in [-0.3, -0.25) is 4.79 Å². The number of nitrogens with two attached hydrogens (primary N) is 2. The Bertz CT molecular complexity index is 912. The van der Waals surface area contributed by atoms with Gasteiger partial charge in [0.25, 0.3) is 5.91 Å². The van der Waals surface area contributed by atoms with E-state index in [0.29, 0.717) is 12.2 Å². The fraction of sp³-hybridized carbons (Fsp3) is 0.318. The number of carbonyl (C=O) groups excluding carboxylic acids is 1. The summed E-state index contributed by atoms with van der Waals surface area (Å²) in [5.41, 5.74) is 16.8. The molecule has 1 heterocycles. The molecule has 0 radical (unpaired) electrons. The van der Waals surface area contributed by atoms with Crippen LogP contribution in [0, 0.1) is 6.92 Å². The van der Waals surface area contributed by atoms with Gasteiger partial charge >= 0.3 is 0 Å². The molecule has 5 heteroatoms. The van der Waals surface area contributed by atoms with Crippen molar-refractivity contribution >= 4 is 16.8 Å². The quantitative estimate of drug-likeness (QED) is 0.518. The van der Waals surface area contributed by atoms with Gasteiger partial charge in [0.05, 0.1) is 0 Å². The number of rotatable bonds is 7. The number of aryl methyl sites for hydroxylation is 1. The molecule has 0 aliphatic rings. The van der Waals surface area contributed by atoms with Crippen molar-refractivity contribution in [2.24, 2.45) is 11.5 Å². The zero-order valence-electron chi connectivity index (χ0n) is 16.0. The number of H-pyrrole nitrogens is 1. The third-order valence-corrected chi connectivity index (χ3v) is 4.77. The Labute approximate surface area is 160 Å². The Morgan fingerprint density at radius 1 is 1.04 bits per heavy atom. The molecular formula is C22H28N4O. The van der Waals surface area contributed by atoms with Gasteiger partial charge in [0.2, 0.25) is 0 Å². The maximum atomic E-state index is 12.4. The molecule has 1 unspecified atom stereocenters. The molecule has 6 N–H and O–H groups in total. The van der Waals surface area contributed by atoms with Gasteiger partial charge in [-0.25, -0.2) is 0 Å². The van der Waals surface area contributed by atoms with E-state index in [9.17, 15) is 4.79 Å². The number of hydrogen-bond acceptors (Lipinski definition) is 3. The Morgan fingerprint density at radius 3 is 2.44 bits per heavy atom. The Balaban J connectivity index is 1.69. The molecule has 0 aliphatic carbocycles. The van der Waals surface area contributed by atoms with E-state index in [4.69, 9.17) is 11.5 Å². The van der Waals surface area contributed by atoms with Crippen LogP contribution in [0.4, 0.5) is 0 Å². The maximum Gasteiger partial charge on any atom is 0.267 e. The lowest BCUT2D eigenvalue weighted by atomic mass is 10.0. The van der Waals surface area contributed by atoms with Crippen LogP contribution < -0.4 is 16.8 Å². The molecule has 1 aromatic heterocycles. The number of aromatic amines is 1. The van der Waals surface area contributed by atoms with Gasteiger partial charge in [0, 0.05) is 29.5 Å². The van der Waals surface area contributed by atoms with Crippen LogP contribution in [-0.4, -0.2) is 29.5 Å². The van der Waals surface area contributed by atoms with Gasteiger partial charge in [-0.1, -0.05) is 42.0 Å². The van der Waals surface area contributed by atoms with Crippen LogP contribution in [0.5, 0.6) is 0 Å². The average molecular weight is 364 g/mol. The Kier molecular flexibility index (Phi) is 5.94. The first-order valence-electron chi connectivity index (χ1n) is 9.41. The van der Waals surface area contributed by atoms with E-state index < -0.39 is 0 Å². The van der Waals surface area contributed by atoms with Crippen LogP contribution in [0.25, 0.3) is 22.0 Å². The molecule has 1 amide bonds. The third kappa shape index (κ3) is 4.96. The van der Waals surface area contributed by atoms with Crippen molar-refractivity contribution < 1.29 is 4.79 Å². The summed E-state index contributed by atoms with van der Waals surface area (Å²) >= 11 is 0. The molecular weight excluding hydrogens is 336 g/mol. The minimum Gasteiger partial charge on any atom is -0.351 e. The molecule has 0 aliphatic heterocycles. The molecule has 0 saturated carbocycles. The van der Waals surface area contributed by atoms with Crippen LogP contribution in [-0.2, 0) is 0 Å². The van der Waals surface area contributed by atoms with E-state index in [1.165, 1.54) is 5.56 Å². The first-order chi connectivity index (χ1) is 12.9. The van der Waals surface area contributed by atoms with Crippen molar-refractivity contribution in [3.63, 3.8) is 0 Å². The van der Waals surface area contributed by atoms with Crippen molar-refractivity contribution in [3.8, 4) is 11.1 Å². The second-order valence-corrected chi connectivity index (χ2v) is 7.38. The van der Waals surface area contributed by atoms with E-state index in [0.717, 1.165) is 34.9 Å². The van der Waals surface area contributed by atoms with Crippen molar-refractivity contribution in [2.45, 2.75) is 38.8 Å². The van der Waals surface area contributed by atoms with Crippen molar-refractivity contribution in [2.75, 3.05) is 6.54 Å². The van der Waals surface area contributed by atoms with Gasteiger partial charge in [-0.2, -0.15) is 0 Å². The summed E-state index contributed by atoms with van der Waals surface area (Å²) in [5.74, 6) is -0.140. The third-order valence-electron chi connectivity index (χ3n) is 4.77. The predicted octanol–water partition coefficient (Wildman–Crippen LogP) is 3.33. The van der Waals surface area contributed by atoms with E-state index in [-0.39, 0.29) is 18.0 Å². The van der Waals surface area contributed by atoms with Gasteiger partial charge in [0.1, 0.15) is 5.69 Å². The lowest BCUT2D eigenvalue weighted by Gasteiger charge is -2.13. The number of nitrogens with one attached hydrogen (secondary N) is 2. The van der Waals surface area contributed by atoms with Gasteiger partial charge in [-0.15, -0.1) is 0 Å². The normalized spacial score (nSPS) is 13.5. The van der Waals surface area contributed by atoms with Crippen molar-refractivity contribution in [1.29, 1.82) is 0 Å². The number of amides is 1. The predicted molar refractivity (Wildman–Crippen MR) is 112 cm³/mol. The Hall–Kier alpha value is -2.63. The number of carbonyl (C=O) groups is 1. The highest BCUT2D eigenvalue weighted by molar-refractivity contribution is 5.98. The molecule has 3 aromatic rings. The van der Waals surface area contributed by atoms with Gasteiger partial charge in [0.15, 0.2) is 0 Å². The van der Waals surface area contributed by atoms with Crippen LogP contribution in [0.1, 0.15) is 35.8 Å². The molecule has 3 rings (SSSR count). The smallest absolute Gasteiger partial charge is 0.267 e. The molecule has 0 fully saturated rings. The number of fused-ring (bicyclic) bond motifs is 1. The summed E-state index contributed by atoms with van der Waals surface area (Å²) in [6.45, 7) is 4.47. The summed E-state index contributed by atoms with van der Waals surface area (Å²) in [6.07, 6.45) is 1.65. The summed E-state index contributed by atoms with van der Waals surface area (Å²) in [4.78, 5) is 15.6. The molecule has 2 atom stereocenters. The molecule has 0 spiro atoms. The van der Waals surface area contributed by atoms with E-state index >= 15 is 0 Å². The lowest BCUT2D eigenvalue weighted by Crippen LogP contribution is -2.38. The number of hydrogen-bond donors (Lipinski definition) is 4. The molecule has 142 valence electrons. The zero-order valence-corrected chi connectivity index (χ0v) is 16.0. The SMILES string of the molecule is Cc1ccc(-c2ccc3cc(C(=O)NC[C@@H](N)CCC(C)N)[nH]c3c2)cc1. The molecule has 2 aromatic carbocycles. The zero-order chi connectivity index (χ0) is 19.4. The van der Waals surface area contributed by atoms with Crippen LogP contribution in [0.2, 0.25) is 0 Å². The van der Waals surface area contributed by atoms with Gasteiger partial charge in [-0.05, 0) is 49.9 Å². The minimum absolute atomic E-state index is 0.0857. The second kappa shape index (κ2) is 8.37. The van der Waals surface area contributed by atoms with Crippen LogP contribution in [0.15, 0.2) is 48.5 Å². The molecule has 5 nitrogen and oxygen atoms in total. The molecule has 0 bridgehead atoms. The summed E-state index contributed by atoms with van der Waals surface area (Å²) in [6, 6.07) is 16.5. The molecule has 0 saturated heterocycles. The summed E-state index contributed by atoms with van der Waals surface area (Å²) < 4.78 is 0. The number of aromatic nitrogens is 1. The average Bonchev–Trinajstić information content (AvgIpc) is 3.08. The van der Waals surface area contributed by atoms with Crippen molar-refractivity contribution in [1.82, 2.24) is 10.3 Å². The highest BCUT2D eigenvalue weighted by Crippen LogP contribution is 2.25. The summed E-state index contributed by atoms with van der Waals surface area (Å²) in [7, 11) is 0. The number of benzene rings is 2. The first kappa shape index (κ1) is 19.1. The van der Waals surface area contributed by atoms with Gasteiger partial charge < -0.3 is 21.8 Å². The fourth-order valence-corrected chi connectivity index (χ4v) is 3.07. The Morgan fingerprint density at radius 2 is 1.74 bits per heavy atom. The fourth-order valence-electron chi connectivity index (χ4n) is 3.07. The largest absolute Gasteiger partial charge is 0.351 e. The van der Waals surface area contributed by atoms with E-state index in [1.807, 2.05) is 19.1 Å². The van der Waals surface area contributed by atoms with E-state index in [2.05, 4.69) is 53.6 Å². The monoisotopic (exact) mass is 364 g/mol. The highest BCUT2D eigenvalue weighted by Gasteiger charge is 2.12. The standard InChI is InChI=1S/C22H28N4O/c1-14-3-6-16(7-4-14)17-8-9-18-12-21(26-20(18)11-17)22(27)25-13-19(24)10-5-15(2)23/h3-4,6-9,11-12,15,19,26H,5,10,13,23-24H2,1-2H3,(H,25,27)/t15?,19-/m0/s1. The molecule has 27 heavy (non-hydrogen) atoms. The second-order valence-electron chi connectivity index (χ2n) is 7.38. The van der Waals surface area contributed by atoms with E-state index in [1.54, 1.807) is 0 Å².